The van der Waals surface area contributed by atoms with Gasteiger partial charge in [-0.3, -0.25) is 9.59 Å². The molecule has 5 nitrogen and oxygen atoms in total. The SMILES string of the molecule is O=C1CCc2cc(C(=O)NC[C@@H](c3ccccc3)c3c[nH]c4ccccc34)ccc2N1. The van der Waals surface area contributed by atoms with Gasteiger partial charge in [-0.05, 0) is 47.4 Å². The molecule has 5 rings (SSSR count). The van der Waals surface area contributed by atoms with Crippen LogP contribution in [0.5, 0.6) is 0 Å². The van der Waals surface area contributed by atoms with Crippen molar-refractivity contribution in [3.8, 4) is 0 Å². The lowest BCUT2D eigenvalue weighted by atomic mass is 9.90. The molecular weight excluding hydrogens is 386 g/mol. The summed E-state index contributed by atoms with van der Waals surface area (Å²) in [5.41, 5.74) is 5.82. The largest absolute Gasteiger partial charge is 0.361 e. The van der Waals surface area contributed by atoms with Crippen molar-refractivity contribution in [3.05, 3.63) is 101 Å². The Hall–Kier alpha value is -3.86. The van der Waals surface area contributed by atoms with Crippen LogP contribution in [-0.2, 0) is 11.2 Å². The zero-order valence-electron chi connectivity index (χ0n) is 17.0. The molecule has 1 atom stereocenters. The minimum atomic E-state index is -0.111. The number of carbonyl (C=O) groups excluding carboxylic acids is 2. The molecule has 0 aliphatic carbocycles. The Morgan fingerprint density at radius 2 is 1.77 bits per heavy atom. The second-order valence-electron chi connectivity index (χ2n) is 7.88. The number of carbonyl (C=O) groups is 2. The summed E-state index contributed by atoms with van der Waals surface area (Å²) in [4.78, 5) is 27.9. The van der Waals surface area contributed by atoms with Gasteiger partial charge in [0.25, 0.3) is 5.91 Å². The number of anilines is 1. The van der Waals surface area contributed by atoms with E-state index in [4.69, 9.17) is 0 Å². The number of rotatable bonds is 5. The third kappa shape index (κ3) is 3.82. The van der Waals surface area contributed by atoms with Gasteiger partial charge in [-0.2, -0.15) is 0 Å². The predicted molar refractivity (Wildman–Crippen MR) is 122 cm³/mol. The van der Waals surface area contributed by atoms with E-state index in [2.05, 4.69) is 39.9 Å². The van der Waals surface area contributed by atoms with Gasteiger partial charge in [-0.1, -0.05) is 48.5 Å². The van der Waals surface area contributed by atoms with E-state index in [0.29, 0.717) is 24.9 Å². The summed E-state index contributed by atoms with van der Waals surface area (Å²) in [5.74, 6) is -0.0622. The smallest absolute Gasteiger partial charge is 0.251 e. The first-order valence-corrected chi connectivity index (χ1v) is 10.5. The molecule has 1 aromatic heterocycles. The van der Waals surface area contributed by atoms with E-state index in [1.165, 1.54) is 0 Å². The number of aromatic amines is 1. The highest BCUT2D eigenvalue weighted by Crippen LogP contribution is 2.30. The van der Waals surface area contributed by atoms with Crippen LogP contribution in [0.4, 0.5) is 5.69 Å². The fourth-order valence-corrected chi connectivity index (χ4v) is 4.30. The average molecular weight is 409 g/mol. The molecule has 1 aliphatic heterocycles. The van der Waals surface area contributed by atoms with Crippen LogP contribution in [0.3, 0.4) is 0 Å². The predicted octanol–water partition coefficient (Wildman–Crippen LogP) is 4.61. The van der Waals surface area contributed by atoms with Crippen molar-refractivity contribution in [2.45, 2.75) is 18.8 Å². The summed E-state index contributed by atoms with van der Waals surface area (Å²) in [6.45, 7) is 0.485. The number of nitrogens with one attached hydrogen (secondary N) is 3. The molecule has 3 aromatic carbocycles. The summed E-state index contributed by atoms with van der Waals surface area (Å²) < 4.78 is 0. The topological polar surface area (TPSA) is 74.0 Å². The van der Waals surface area contributed by atoms with E-state index in [-0.39, 0.29) is 17.7 Å². The van der Waals surface area contributed by atoms with Crippen LogP contribution in [0, 0.1) is 0 Å². The maximum atomic E-state index is 13.0. The van der Waals surface area contributed by atoms with Gasteiger partial charge in [-0.15, -0.1) is 0 Å². The number of hydrogen-bond donors (Lipinski definition) is 3. The number of amides is 2. The third-order valence-electron chi connectivity index (χ3n) is 5.93. The molecule has 2 amide bonds. The number of benzene rings is 3. The number of para-hydroxylation sites is 1. The Balaban J connectivity index is 1.40. The number of aromatic nitrogens is 1. The first-order valence-electron chi connectivity index (χ1n) is 10.5. The summed E-state index contributed by atoms with van der Waals surface area (Å²) >= 11 is 0. The molecule has 0 radical (unpaired) electrons. The molecule has 0 fully saturated rings. The minimum absolute atomic E-state index is 0.0223. The van der Waals surface area contributed by atoms with Crippen molar-refractivity contribution in [2.75, 3.05) is 11.9 Å². The molecule has 0 spiro atoms. The van der Waals surface area contributed by atoms with E-state index in [0.717, 1.165) is 33.3 Å². The van der Waals surface area contributed by atoms with Gasteiger partial charge < -0.3 is 15.6 Å². The lowest BCUT2D eigenvalue weighted by Gasteiger charge is -2.20. The van der Waals surface area contributed by atoms with Crippen molar-refractivity contribution < 1.29 is 9.59 Å². The molecule has 0 saturated carbocycles. The monoisotopic (exact) mass is 409 g/mol. The number of hydrogen-bond acceptors (Lipinski definition) is 2. The van der Waals surface area contributed by atoms with E-state index < -0.39 is 0 Å². The fourth-order valence-electron chi connectivity index (χ4n) is 4.30. The molecule has 3 N–H and O–H groups in total. The zero-order chi connectivity index (χ0) is 21.2. The molecular formula is C26H23N3O2. The molecule has 0 bridgehead atoms. The summed E-state index contributed by atoms with van der Waals surface area (Å²) in [5, 5.41) is 7.15. The number of H-pyrrole nitrogens is 1. The van der Waals surface area contributed by atoms with Crippen molar-refractivity contribution in [1.29, 1.82) is 0 Å². The van der Waals surface area contributed by atoms with Gasteiger partial charge in [0, 0.05) is 47.2 Å². The molecule has 154 valence electrons. The highest BCUT2D eigenvalue weighted by molar-refractivity contribution is 5.98. The molecule has 0 unspecified atom stereocenters. The molecule has 5 heteroatoms. The highest BCUT2D eigenvalue weighted by Gasteiger charge is 2.20. The number of fused-ring (bicyclic) bond motifs is 2. The van der Waals surface area contributed by atoms with Gasteiger partial charge in [-0.25, -0.2) is 0 Å². The lowest BCUT2D eigenvalue weighted by Crippen LogP contribution is -2.29. The standard InChI is InChI=1S/C26H23N3O2/c30-25-13-11-18-14-19(10-12-23(18)29-25)26(31)28-15-21(17-6-2-1-3-7-17)22-16-27-24-9-5-4-8-20(22)24/h1-10,12,14,16,21,27H,11,13,15H2,(H,28,31)(H,29,30)/t21-/m0/s1. The average Bonchev–Trinajstić information content (AvgIpc) is 3.23. The van der Waals surface area contributed by atoms with E-state index in [1.807, 2.05) is 48.7 Å². The zero-order valence-corrected chi connectivity index (χ0v) is 17.0. The second-order valence-corrected chi connectivity index (χ2v) is 7.88. The normalized spacial score (nSPS) is 14.0. The fraction of sp³-hybridized carbons (Fsp3) is 0.154. The quantitative estimate of drug-likeness (QED) is 0.450. The van der Waals surface area contributed by atoms with Crippen LogP contribution < -0.4 is 10.6 Å². The van der Waals surface area contributed by atoms with E-state index in [9.17, 15) is 9.59 Å². The van der Waals surface area contributed by atoms with Crippen LogP contribution in [-0.4, -0.2) is 23.3 Å². The summed E-state index contributed by atoms with van der Waals surface area (Å²) in [7, 11) is 0. The Morgan fingerprint density at radius 1 is 0.968 bits per heavy atom. The number of aryl methyl sites for hydroxylation is 1. The van der Waals surface area contributed by atoms with Crippen LogP contribution in [0.2, 0.25) is 0 Å². The minimum Gasteiger partial charge on any atom is -0.361 e. The highest BCUT2D eigenvalue weighted by atomic mass is 16.2. The third-order valence-corrected chi connectivity index (χ3v) is 5.93. The second kappa shape index (κ2) is 8.11. The van der Waals surface area contributed by atoms with Gasteiger partial charge in [0.1, 0.15) is 0 Å². The van der Waals surface area contributed by atoms with Gasteiger partial charge in [0.2, 0.25) is 5.91 Å². The van der Waals surface area contributed by atoms with Crippen molar-refractivity contribution >= 4 is 28.4 Å². The van der Waals surface area contributed by atoms with Crippen LogP contribution in [0.25, 0.3) is 10.9 Å². The maximum absolute atomic E-state index is 13.0. The first kappa shape index (κ1) is 19.1. The Labute approximate surface area is 180 Å². The lowest BCUT2D eigenvalue weighted by molar-refractivity contribution is -0.116. The molecule has 1 aliphatic rings. The molecule has 4 aromatic rings. The van der Waals surface area contributed by atoms with E-state index in [1.54, 1.807) is 6.07 Å². The van der Waals surface area contributed by atoms with Crippen molar-refractivity contribution in [3.63, 3.8) is 0 Å². The molecule has 2 heterocycles. The molecule has 31 heavy (non-hydrogen) atoms. The van der Waals surface area contributed by atoms with Crippen LogP contribution in [0.15, 0.2) is 79.0 Å². The molecule has 0 saturated heterocycles. The van der Waals surface area contributed by atoms with Crippen molar-refractivity contribution in [2.24, 2.45) is 0 Å². The van der Waals surface area contributed by atoms with Crippen molar-refractivity contribution in [1.82, 2.24) is 10.3 Å². The summed E-state index contributed by atoms with van der Waals surface area (Å²) in [6.07, 6.45) is 3.15. The van der Waals surface area contributed by atoms with Crippen LogP contribution >= 0.6 is 0 Å². The summed E-state index contributed by atoms with van der Waals surface area (Å²) in [6, 6.07) is 23.9. The first-order chi connectivity index (χ1) is 15.2. The van der Waals surface area contributed by atoms with E-state index >= 15 is 0 Å². The Kier molecular flexibility index (Phi) is 5.00. The Bertz CT molecular complexity index is 1260. The Morgan fingerprint density at radius 3 is 2.65 bits per heavy atom. The van der Waals surface area contributed by atoms with Gasteiger partial charge in [0.05, 0.1) is 0 Å². The van der Waals surface area contributed by atoms with Gasteiger partial charge in [0.15, 0.2) is 0 Å². The van der Waals surface area contributed by atoms with Gasteiger partial charge >= 0.3 is 0 Å². The maximum Gasteiger partial charge on any atom is 0.251 e. The van der Waals surface area contributed by atoms with Crippen LogP contribution in [0.1, 0.15) is 39.4 Å².